The Bertz CT molecular complexity index is 459. The fourth-order valence-electron chi connectivity index (χ4n) is 2.26. The first-order valence-corrected chi connectivity index (χ1v) is 7.66. The zero-order valence-corrected chi connectivity index (χ0v) is 12.2. The largest absolute Gasteiger partial charge is 0.462 e. The number of nitrogens with zero attached hydrogens (tertiary/aromatic N) is 1. The highest BCUT2D eigenvalue weighted by Gasteiger charge is 2.24. The molecule has 2 rings (SSSR count). The highest BCUT2D eigenvalue weighted by molar-refractivity contribution is 7.99. The Balaban J connectivity index is 2.30. The molecule has 1 aliphatic rings. The van der Waals surface area contributed by atoms with Crippen molar-refractivity contribution in [3.8, 4) is 0 Å². The molecule has 5 heteroatoms. The first-order valence-electron chi connectivity index (χ1n) is 6.50. The van der Waals surface area contributed by atoms with E-state index in [9.17, 15) is 4.79 Å². The molecule has 1 unspecified atom stereocenters. The van der Waals surface area contributed by atoms with Gasteiger partial charge in [-0.25, -0.2) is 4.79 Å². The first-order chi connectivity index (χ1) is 9.13. The Hall–Kier alpha value is -1.36. The van der Waals surface area contributed by atoms with Crippen LogP contribution in [0.4, 0.5) is 11.4 Å². The van der Waals surface area contributed by atoms with Crippen LogP contribution in [0, 0.1) is 0 Å². The van der Waals surface area contributed by atoms with Crippen LogP contribution in [0.1, 0.15) is 23.7 Å². The van der Waals surface area contributed by atoms with Crippen LogP contribution in [0.25, 0.3) is 0 Å². The second-order valence-corrected chi connectivity index (χ2v) is 5.78. The van der Waals surface area contributed by atoms with Crippen LogP contribution in [0.3, 0.4) is 0 Å². The molecule has 0 bridgehead atoms. The Kier molecular flexibility index (Phi) is 4.58. The van der Waals surface area contributed by atoms with E-state index in [2.05, 4.69) is 4.90 Å². The number of nitrogen functional groups attached to an aromatic ring is 1. The van der Waals surface area contributed by atoms with E-state index in [4.69, 9.17) is 10.5 Å². The van der Waals surface area contributed by atoms with Gasteiger partial charge in [-0.1, -0.05) is 0 Å². The number of anilines is 2. The van der Waals surface area contributed by atoms with Gasteiger partial charge in [0.25, 0.3) is 0 Å². The zero-order valence-electron chi connectivity index (χ0n) is 11.4. The number of ether oxygens (including phenoxy) is 1. The summed E-state index contributed by atoms with van der Waals surface area (Å²) < 4.78 is 5.11. The molecule has 1 atom stereocenters. The lowest BCUT2D eigenvalue weighted by Crippen LogP contribution is -2.32. The van der Waals surface area contributed by atoms with Crippen molar-refractivity contribution in [1.29, 1.82) is 0 Å². The van der Waals surface area contributed by atoms with E-state index in [1.165, 1.54) is 5.75 Å². The van der Waals surface area contributed by atoms with E-state index in [0.717, 1.165) is 17.9 Å². The average Bonchev–Trinajstić information content (AvgIpc) is 2.92. The monoisotopic (exact) mass is 280 g/mol. The maximum Gasteiger partial charge on any atom is 0.340 e. The van der Waals surface area contributed by atoms with E-state index in [1.54, 1.807) is 13.0 Å². The molecule has 1 aromatic rings. The van der Waals surface area contributed by atoms with Gasteiger partial charge in [-0.05, 0) is 37.3 Å². The van der Waals surface area contributed by atoms with Crippen molar-refractivity contribution in [2.75, 3.05) is 35.8 Å². The van der Waals surface area contributed by atoms with Gasteiger partial charge in [0.15, 0.2) is 0 Å². The average molecular weight is 280 g/mol. The predicted molar refractivity (Wildman–Crippen MR) is 80.9 cm³/mol. The Morgan fingerprint density at radius 3 is 3.00 bits per heavy atom. The molecule has 0 amide bonds. The van der Waals surface area contributed by atoms with Crippen LogP contribution in [0.5, 0.6) is 0 Å². The molecule has 2 N–H and O–H groups in total. The third-order valence-electron chi connectivity index (χ3n) is 3.35. The summed E-state index contributed by atoms with van der Waals surface area (Å²) >= 11 is 1.95. The van der Waals surface area contributed by atoms with Crippen LogP contribution >= 0.6 is 11.8 Å². The van der Waals surface area contributed by atoms with Gasteiger partial charge >= 0.3 is 5.97 Å². The number of hydrogen-bond donors (Lipinski definition) is 1. The molecule has 0 saturated carbocycles. The van der Waals surface area contributed by atoms with Gasteiger partial charge in [0.1, 0.15) is 0 Å². The summed E-state index contributed by atoms with van der Waals surface area (Å²) in [6, 6.07) is 5.91. The molecule has 1 saturated heterocycles. The maximum atomic E-state index is 12.0. The summed E-state index contributed by atoms with van der Waals surface area (Å²) in [5.74, 6) is 1.98. The molecule has 1 aromatic carbocycles. The van der Waals surface area contributed by atoms with E-state index < -0.39 is 0 Å². The smallest absolute Gasteiger partial charge is 0.340 e. The summed E-state index contributed by atoms with van der Waals surface area (Å²) in [6.07, 6.45) is 1.15. The lowest BCUT2D eigenvalue weighted by atomic mass is 10.1. The number of carbonyl (C=O) groups is 1. The van der Waals surface area contributed by atoms with Crippen LogP contribution in [0.2, 0.25) is 0 Å². The van der Waals surface area contributed by atoms with E-state index >= 15 is 0 Å². The number of nitrogens with two attached hydrogens (primary N) is 1. The van der Waals surface area contributed by atoms with Gasteiger partial charge in [-0.2, -0.15) is 11.8 Å². The predicted octanol–water partition coefficient (Wildman–Crippen LogP) is 2.39. The number of thioether (sulfide) groups is 1. The highest BCUT2D eigenvalue weighted by Crippen LogP contribution is 2.29. The van der Waals surface area contributed by atoms with Gasteiger partial charge in [-0.15, -0.1) is 0 Å². The van der Waals surface area contributed by atoms with Gasteiger partial charge < -0.3 is 15.4 Å². The second kappa shape index (κ2) is 6.19. The van der Waals surface area contributed by atoms with E-state index in [1.807, 2.05) is 30.9 Å². The maximum absolute atomic E-state index is 12.0. The van der Waals surface area contributed by atoms with Gasteiger partial charge in [-0.3, -0.25) is 0 Å². The summed E-state index contributed by atoms with van der Waals surface area (Å²) in [5, 5.41) is 0. The molecule has 19 heavy (non-hydrogen) atoms. The standard InChI is InChI=1S/C14H20N2O2S/c1-3-18-14(17)12-8-10(15)4-5-13(12)16(2)11-6-7-19-9-11/h4-5,8,11H,3,6-7,9,15H2,1-2H3. The molecule has 4 nitrogen and oxygen atoms in total. The van der Waals surface area contributed by atoms with Crippen molar-refractivity contribution in [1.82, 2.24) is 0 Å². The molecule has 104 valence electrons. The van der Waals surface area contributed by atoms with Crippen LogP contribution in [-0.2, 0) is 4.74 Å². The quantitative estimate of drug-likeness (QED) is 0.678. The summed E-state index contributed by atoms with van der Waals surface area (Å²) in [6.45, 7) is 2.18. The molecular weight excluding hydrogens is 260 g/mol. The van der Waals surface area contributed by atoms with Gasteiger partial charge in [0, 0.05) is 24.5 Å². The molecule has 0 aliphatic carbocycles. The second-order valence-electron chi connectivity index (χ2n) is 4.63. The van der Waals surface area contributed by atoms with Crippen LogP contribution < -0.4 is 10.6 Å². The van der Waals surface area contributed by atoms with E-state index in [-0.39, 0.29) is 5.97 Å². The Labute approximate surface area is 118 Å². The minimum Gasteiger partial charge on any atom is -0.462 e. The lowest BCUT2D eigenvalue weighted by Gasteiger charge is -2.27. The highest BCUT2D eigenvalue weighted by atomic mass is 32.2. The van der Waals surface area contributed by atoms with Crippen molar-refractivity contribution in [3.05, 3.63) is 23.8 Å². The minimum atomic E-state index is -0.303. The molecule has 1 fully saturated rings. The normalized spacial score (nSPS) is 18.3. The van der Waals surface area contributed by atoms with Crippen LogP contribution in [-0.4, -0.2) is 37.2 Å². The molecule has 0 radical (unpaired) electrons. The van der Waals surface area contributed by atoms with Crippen molar-refractivity contribution >= 4 is 29.1 Å². The Morgan fingerprint density at radius 1 is 1.58 bits per heavy atom. The molecule has 0 spiro atoms. The van der Waals surface area contributed by atoms with Crippen molar-refractivity contribution < 1.29 is 9.53 Å². The number of carbonyl (C=O) groups excluding carboxylic acids is 1. The molecular formula is C14H20N2O2S. The minimum absolute atomic E-state index is 0.303. The molecule has 1 aliphatic heterocycles. The van der Waals surface area contributed by atoms with Crippen LogP contribution in [0.15, 0.2) is 18.2 Å². The third-order valence-corrected chi connectivity index (χ3v) is 4.49. The lowest BCUT2D eigenvalue weighted by molar-refractivity contribution is 0.0527. The summed E-state index contributed by atoms with van der Waals surface area (Å²) in [7, 11) is 2.03. The number of hydrogen-bond acceptors (Lipinski definition) is 5. The number of esters is 1. The third kappa shape index (κ3) is 3.15. The van der Waals surface area contributed by atoms with Gasteiger partial charge in [0.05, 0.1) is 17.9 Å². The fraction of sp³-hybridized carbons (Fsp3) is 0.500. The number of rotatable bonds is 4. The summed E-state index contributed by atoms with van der Waals surface area (Å²) in [4.78, 5) is 14.2. The molecule has 0 aromatic heterocycles. The fourth-order valence-corrected chi connectivity index (χ4v) is 3.53. The SMILES string of the molecule is CCOC(=O)c1cc(N)ccc1N(C)C1CCSC1. The topological polar surface area (TPSA) is 55.6 Å². The van der Waals surface area contributed by atoms with E-state index in [0.29, 0.717) is 23.9 Å². The van der Waals surface area contributed by atoms with Gasteiger partial charge in [0.2, 0.25) is 0 Å². The molecule has 1 heterocycles. The Morgan fingerprint density at radius 2 is 2.37 bits per heavy atom. The first kappa shape index (κ1) is 14.1. The van der Waals surface area contributed by atoms with Crippen molar-refractivity contribution in [2.45, 2.75) is 19.4 Å². The zero-order chi connectivity index (χ0) is 13.8. The summed E-state index contributed by atoms with van der Waals surface area (Å²) in [5.41, 5.74) is 7.83. The van der Waals surface area contributed by atoms with Crippen molar-refractivity contribution in [2.24, 2.45) is 0 Å². The van der Waals surface area contributed by atoms with Crippen molar-refractivity contribution in [3.63, 3.8) is 0 Å². The number of benzene rings is 1.